The first-order valence-corrected chi connectivity index (χ1v) is 7.31. The van der Waals surface area contributed by atoms with Crippen molar-refractivity contribution in [3.05, 3.63) is 42.5 Å². The van der Waals surface area contributed by atoms with Crippen molar-refractivity contribution in [1.29, 1.82) is 0 Å². The number of hydrogen-bond donors (Lipinski definition) is 0. The number of hydrogen-bond acceptors (Lipinski definition) is 3. The van der Waals surface area contributed by atoms with E-state index in [-0.39, 0.29) is 24.4 Å². The molecule has 21 heavy (non-hydrogen) atoms. The van der Waals surface area contributed by atoms with E-state index in [2.05, 4.69) is 12.2 Å². The third kappa shape index (κ3) is 2.84. The smallest absolute Gasteiger partial charge is 0.310 e. The van der Waals surface area contributed by atoms with Crippen LogP contribution < -0.4 is 4.90 Å². The molecule has 2 bridgehead atoms. The van der Waals surface area contributed by atoms with E-state index in [9.17, 15) is 9.59 Å². The first kappa shape index (κ1) is 13.9. The Kier molecular flexibility index (Phi) is 3.78. The summed E-state index contributed by atoms with van der Waals surface area (Å²) < 4.78 is 5.22. The minimum Gasteiger partial charge on any atom is -0.455 e. The van der Waals surface area contributed by atoms with E-state index >= 15 is 0 Å². The molecule has 0 aromatic heterocycles. The van der Waals surface area contributed by atoms with Gasteiger partial charge >= 0.3 is 5.97 Å². The highest BCUT2D eigenvalue weighted by atomic mass is 16.5. The Morgan fingerprint density at radius 1 is 1.19 bits per heavy atom. The van der Waals surface area contributed by atoms with Crippen LogP contribution in [0.1, 0.15) is 12.8 Å². The molecule has 0 aliphatic heterocycles. The largest absolute Gasteiger partial charge is 0.455 e. The third-order valence-corrected chi connectivity index (χ3v) is 4.44. The average Bonchev–Trinajstić information content (AvgIpc) is 3.15. The Balaban J connectivity index is 1.52. The number of esters is 1. The normalized spacial score (nSPS) is 25.9. The van der Waals surface area contributed by atoms with E-state index in [1.807, 2.05) is 30.3 Å². The van der Waals surface area contributed by atoms with Crippen LogP contribution in [0, 0.1) is 17.8 Å². The monoisotopic (exact) mass is 285 g/mol. The van der Waals surface area contributed by atoms with E-state index in [0.717, 1.165) is 18.5 Å². The molecule has 110 valence electrons. The van der Waals surface area contributed by atoms with Crippen LogP contribution in [0.2, 0.25) is 0 Å². The van der Waals surface area contributed by atoms with Crippen LogP contribution >= 0.6 is 0 Å². The minimum absolute atomic E-state index is 0.0603. The van der Waals surface area contributed by atoms with Crippen molar-refractivity contribution in [1.82, 2.24) is 0 Å². The van der Waals surface area contributed by atoms with Gasteiger partial charge in [0.2, 0.25) is 0 Å². The number of amides is 1. The molecule has 4 nitrogen and oxygen atoms in total. The summed E-state index contributed by atoms with van der Waals surface area (Å²) in [6.07, 6.45) is 6.21. The lowest BCUT2D eigenvalue weighted by molar-refractivity contribution is -0.152. The Labute approximate surface area is 124 Å². The Bertz CT molecular complexity index is 567. The molecule has 1 fully saturated rings. The fourth-order valence-corrected chi connectivity index (χ4v) is 3.18. The number of carbonyl (C=O) groups is 2. The van der Waals surface area contributed by atoms with E-state index in [4.69, 9.17) is 4.74 Å². The van der Waals surface area contributed by atoms with Gasteiger partial charge in [-0.25, -0.2) is 0 Å². The van der Waals surface area contributed by atoms with Crippen molar-refractivity contribution in [2.75, 3.05) is 18.6 Å². The molecule has 1 saturated carbocycles. The van der Waals surface area contributed by atoms with Crippen molar-refractivity contribution < 1.29 is 14.3 Å². The first-order chi connectivity index (χ1) is 10.1. The Hall–Kier alpha value is -2.10. The number of rotatable bonds is 4. The van der Waals surface area contributed by atoms with Gasteiger partial charge in [0.15, 0.2) is 6.61 Å². The first-order valence-electron chi connectivity index (χ1n) is 7.31. The Morgan fingerprint density at radius 3 is 2.57 bits per heavy atom. The maximum atomic E-state index is 12.1. The molecule has 0 radical (unpaired) electrons. The quantitative estimate of drug-likeness (QED) is 0.630. The van der Waals surface area contributed by atoms with E-state index in [1.54, 1.807) is 7.05 Å². The van der Waals surface area contributed by atoms with Crippen LogP contribution in [0.15, 0.2) is 42.5 Å². The van der Waals surface area contributed by atoms with Crippen molar-refractivity contribution >= 4 is 17.6 Å². The lowest BCUT2D eigenvalue weighted by Crippen LogP contribution is -2.32. The van der Waals surface area contributed by atoms with Gasteiger partial charge in [-0.3, -0.25) is 9.59 Å². The number of carbonyl (C=O) groups excluding carboxylic acids is 2. The van der Waals surface area contributed by atoms with Gasteiger partial charge in [-0.05, 0) is 36.8 Å². The topological polar surface area (TPSA) is 46.6 Å². The number of para-hydroxylation sites is 1. The van der Waals surface area contributed by atoms with Gasteiger partial charge in [0.25, 0.3) is 5.91 Å². The minimum atomic E-state index is -0.235. The van der Waals surface area contributed by atoms with Crippen LogP contribution in [-0.4, -0.2) is 25.5 Å². The van der Waals surface area contributed by atoms with Gasteiger partial charge < -0.3 is 9.64 Å². The summed E-state index contributed by atoms with van der Waals surface area (Å²) in [6, 6.07) is 9.32. The Morgan fingerprint density at radius 2 is 1.95 bits per heavy atom. The summed E-state index contributed by atoms with van der Waals surface area (Å²) in [5.74, 6) is 0.324. The number of benzene rings is 1. The standard InChI is InChI=1S/C17H19NO3/c1-18(14-5-3-2-4-6-14)16(19)11-21-17(20)15-10-12-7-8-13(15)9-12/h2-8,12-13,15H,9-11H2,1H3. The SMILES string of the molecule is CN(C(=O)COC(=O)C1CC2C=CC1C2)c1ccccc1. The number of allylic oxidation sites excluding steroid dienone is 2. The highest BCUT2D eigenvalue weighted by Crippen LogP contribution is 2.43. The molecule has 0 saturated heterocycles. The summed E-state index contributed by atoms with van der Waals surface area (Å²) in [5.41, 5.74) is 0.793. The molecular formula is C17H19NO3. The number of ether oxygens (including phenoxy) is 1. The zero-order chi connectivity index (χ0) is 14.8. The van der Waals surface area contributed by atoms with Gasteiger partial charge in [0.1, 0.15) is 0 Å². The van der Waals surface area contributed by atoms with Gasteiger partial charge in [-0.2, -0.15) is 0 Å². The zero-order valence-electron chi connectivity index (χ0n) is 12.1. The molecule has 3 atom stereocenters. The molecule has 0 N–H and O–H groups in total. The van der Waals surface area contributed by atoms with Crippen molar-refractivity contribution in [3.63, 3.8) is 0 Å². The molecule has 0 spiro atoms. The van der Waals surface area contributed by atoms with Crippen LogP contribution in [0.4, 0.5) is 5.69 Å². The molecule has 4 heteroatoms. The molecule has 2 aliphatic rings. The molecule has 1 aromatic rings. The third-order valence-electron chi connectivity index (χ3n) is 4.44. The number of fused-ring (bicyclic) bond motifs is 2. The second kappa shape index (κ2) is 5.72. The molecule has 3 unspecified atom stereocenters. The molecule has 2 aliphatic carbocycles. The lowest BCUT2D eigenvalue weighted by atomic mass is 9.94. The number of anilines is 1. The summed E-state index contributed by atoms with van der Waals surface area (Å²) in [5, 5.41) is 0. The fraction of sp³-hybridized carbons (Fsp3) is 0.412. The van der Waals surface area contributed by atoms with Gasteiger partial charge in [0, 0.05) is 12.7 Å². The fourth-order valence-electron chi connectivity index (χ4n) is 3.18. The van der Waals surface area contributed by atoms with Crippen molar-refractivity contribution in [2.24, 2.45) is 17.8 Å². The molecular weight excluding hydrogens is 266 g/mol. The highest BCUT2D eigenvalue weighted by molar-refractivity contribution is 5.94. The second-order valence-corrected chi connectivity index (χ2v) is 5.78. The van der Waals surface area contributed by atoms with Gasteiger partial charge in [-0.15, -0.1) is 0 Å². The average molecular weight is 285 g/mol. The number of likely N-dealkylation sites (N-methyl/N-ethyl adjacent to an activating group) is 1. The lowest BCUT2D eigenvalue weighted by Gasteiger charge is -2.19. The summed E-state index contributed by atoms with van der Waals surface area (Å²) >= 11 is 0. The second-order valence-electron chi connectivity index (χ2n) is 5.78. The van der Waals surface area contributed by atoms with Crippen LogP contribution in [0.25, 0.3) is 0 Å². The van der Waals surface area contributed by atoms with Crippen LogP contribution in [-0.2, 0) is 14.3 Å². The highest BCUT2D eigenvalue weighted by Gasteiger charge is 2.40. The predicted molar refractivity (Wildman–Crippen MR) is 79.7 cm³/mol. The summed E-state index contributed by atoms with van der Waals surface area (Å²) in [6.45, 7) is -0.193. The summed E-state index contributed by atoms with van der Waals surface area (Å²) in [7, 11) is 1.69. The summed E-state index contributed by atoms with van der Waals surface area (Å²) in [4.78, 5) is 25.6. The van der Waals surface area contributed by atoms with Crippen molar-refractivity contribution in [3.8, 4) is 0 Å². The maximum Gasteiger partial charge on any atom is 0.310 e. The molecule has 3 rings (SSSR count). The maximum absolute atomic E-state index is 12.1. The van der Waals surface area contributed by atoms with E-state index in [1.165, 1.54) is 4.90 Å². The van der Waals surface area contributed by atoms with Crippen LogP contribution in [0.5, 0.6) is 0 Å². The zero-order valence-corrected chi connectivity index (χ0v) is 12.1. The number of nitrogens with zero attached hydrogens (tertiary/aromatic N) is 1. The van der Waals surface area contributed by atoms with E-state index < -0.39 is 0 Å². The molecule has 1 aromatic carbocycles. The van der Waals surface area contributed by atoms with Crippen molar-refractivity contribution in [2.45, 2.75) is 12.8 Å². The van der Waals surface area contributed by atoms with E-state index in [0.29, 0.717) is 11.8 Å². The predicted octanol–water partition coefficient (Wildman–Crippen LogP) is 2.40. The van der Waals surface area contributed by atoms with Crippen LogP contribution in [0.3, 0.4) is 0 Å². The molecule has 0 heterocycles. The molecule has 1 amide bonds. The van der Waals surface area contributed by atoms with Gasteiger partial charge in [-0.1, -0.05) is 30.4 Å². The van der Waals surface area contributed by atoms with Gasteiger partial charge in [0.05, 0.1) is 5.92 Å².